The molecule has 4 nitrogen and oxygen atoms in total. The summed E-state index contributed by atoms with van der Waals surface area (Å²) in [7, 11) is 0. The second-order valence-electron chi connectivity index (χ2n) is 8.21. The van der Waals surface area contributed by atoms with E-state index < -0.39 is 11.1 Å². The fraction of sp³-hybridized carbons (Fsp3) is 0.409. The second kappa shape index (κ2) is 7.84. The molecular weight excluding hydrogens is 423 g/mol. The van der Waals surface area contributed by atoms with Crippen LogP contribution in [0, 0.1) is 5.82 Å². The maximum absolute atomic E-state index is 13.4. The zero-order valence-electron chi connectivity index (χ0n) is 16.4. The Bertz CT molecular complexity index is 833. The molecule has 0 spiro atoms. The van der Waals surface area contributed by atoms with Gasteiger partial charge < -0.3 is 15.4 Å². The number of carbonyl (C=O) groups excluding carboxylic acids is 1. The summed E-state index contributed by atoms with van der Waals surface area (Å²) in [5, 5.41) is 0. The van der Waals surface area contributed by atoms with E-state index in [0.717, 1.165) is 15.6 Å². The Morgan fingerprint density at radius 1 is 1.21 bits per heavy atom. The number of halogens is 2. The predicted octanol–water partition coefficient (Wildman–Crippen LogP) is 5.51. The smallest absolute Gasteiger partial charge is 0.411 e. The van der Waals surface area contributed by atoms with Crippen LogP contribution in [0.25, 0.3) is 0 Å². The lowest BCUT2D eigenvalue weighted by atomic mass is 9.79. The number of benzene rings is 2. The number of carbonyl (C=O) groups is 1. The fourth-order valence-electron chi connectivity index (χ4n) is 3.86. The Hall–Kier alpha value is -1.92. The highest BCUT2D eigenvalue weighted by atomic mass is 79.9. The third-order valence-corrected chi connectivity index (χ3v) is 5.73. The molecule has 1 heterocycles. The number of nitrogens with zero attached hydrogens (tertiary/aromatic N) is 1. The average Bonchev–Trinajstić information content (AvgIpc) is 2.61. The summed E-state index contributed by atoms with van der Waals surface area (Å²) in [4.78, 5) is 14.7. The SMILES string of the molecule is C[C@@H](c1ccc(Br)cc1)N1CCC(CC(C)(C)N)(c2ccc(F)cc2)OC1=O. The number of nitrogens with two attached hydrogens (primary N) is 1. The van der Waals surface area contributed by atoms with Gasteiger partial charge >= 0.3 is 6.09 Å². The van der Waals surface area contributed by atoms with E-state index in [2.05, 4.69) is 15.9 Å². The van der Waals surface area contributed by atoms with E-state index in [1.54, 1.807) is 17.0 Å². The monoisotopic (exact) mass is 448 g/mol. The second-order valence-corrected chi connectivity index (χ2v) is 9.12. The van der Waals surface area contributed by atoms with Gasteiger partial charge in [0.1, 0.15) is 11.4 Å². The molecule has 0 aromatic heterocycles. The molecule has 0 saturated carbocycles. The summed E-state index contributed by atoms with van der Waals surface area (Å²) >= 11 is 3.43. The molecule has 6 heteroatoms. The maximum Gasteiger partial charge on any atom is 0.411 e. The van der Waals surface area contributed by atoms with Gasteiger partial charge in [0.25, 0.3) is 0 Å². The van der Waals surface area contributed by atoms with Crippen molar-refractivity contribution >= 4 is 22.0 Å². The molecule has 2 N–H and O–H groups in total. The Kier molecular flexibility index (Phi) is 5.82. The van der Waals surface area contributed by atoms with Gasteiger partial charge in [0.05, 0.1) is 6.04 Å². The molecule has 1 unspecified atom stereocenters. The molecule has 150 valence electrons. The van der Waals surface area contributed by atoms with E-state index in [4.69, 9.17) is 10.5 Å². The predicted molar refractivity (Wildman–Crippen MR) is 111 cm³/mol. The number of cyclic esters (lactones) is 1. The molecule has 1 fully saturated rings. The van der Waals surface area contributed by atoms with Crippen LogP contribution in [0.3, 0.4) is 0 Å². The molecule has 0 radical (unpaired) electrons. The molecule has 1 aliphatic heterocycles. The van der Waals surface area contributed by atoms with E-state index in [-0.39, 0.29) is 18.0 Å². The number of hydrogen-bond donors (Lipinski definition) is 1. The van der Waals surface area contributed by atoms with Crippen molar-refractivity contribution in [2.24, 2.45) is 5.73 Å². The van der Waals surface area contributed by atoms with E-state index in [0.29, 0.717) is 19.4 Å². The molecule has 2 atom stereocenters. The number of amides is 1. The van der Waals surface area contributed by atoms with Gasteiger partial charge in [0.15, 0.2) is 0 Å². The van der Waals surface area contributed by atoms with E-state index in [9.17, 15) is 9.18 Å². The van der Waals surface area contributed by atoms with Gasteiger partial charge in [0.2, 0.25) is 0 Å². The molecular formula is C22H26BrFN2O2. The van der Waals surface area contributed by atoms with Crippen molar-refractivity contribution in [2.75, 3.05) is 6.54 Å². The zero-order valence-corrected chi connectivity index (χ0v) is 18.0. The van der Waals surface area contributed by atoms with Gasteiger partial charge in [-0.05, 0) is 56.2 Å². The third kappa shape index (κ3) is 4.55. The van der Waals surface area contributed by atoms with Crippen LogP contribution in [0.2, 0.25) is 0 Å². The Morgan fingerprint density at radius 3 is 2.36 bits per heavy atom. The first kappa shape index (κ1) is 20.8. The molecule has 1 amide bonds. The topological polar surface area (TPSA) is 55.6 Å². The van der Waals surface area contributed by atoms with E-state index in [1.807, 2.05) is 45.0 Å². The number of ether oxygens (including phenoxy) is 1. The first-order valence-corrected chi connectivity index (χ1v) is 10.2. The van der Waals surface area contributed by atoms with Crippen LogP contribution >= 0.6 is 15.9 Å². The van der Waals surface area contributed by atoms with Gasteiger partial charge in [-0.15, -0.1) is 0 Å². The minimum Gasteiger partial charge on any atom is -0.438 e. The van der Waals surface area contributed by atoms with Gasteiger partial charge in [-0.3, -0.25) is 0 Å². The van der Waals surface area contributed by atoms with Crippen LogP contribution in [0.15, 0.2) is 53.0 Å². The maximum atomic E-state index is 13.4. The van der Waals surface area contributed by atoms with Crippen LogP contribution in [0.5, 0.6) is 0 Å². The van der Waals surface area contributed by atoms with Gasteiger partial charge in [-0.2, -0.15) is 0 Å². The van der Waals surface area contributed by atoms with Crippen molar-refractivity contribution < 1.29 is 13.9 Å². The van der Waals surface area contributed by atoms with Gasteiger partial charge in [-0.1, -0.05) is 40.2 Å². The third-order valence-electron chi connectivity index (χ3n) is 5.21. The van der Waals surface area contributed by atoms with Crippen molar-refractivity contribution in [3.05, 3.63) is 69.9 Å². The van der Waals surface area contributed by atoms with Crippen LogP contribution in [0.4, 0.5) is 9.18 Å². The standard InChI is InChI=1S/C22H26BrFN2O2/c1-15(16-4-8-18(23)9-5-16)26-13-12-22(28-20(26)27,14-21(2,3)25)17-6-10-19(24)11-7-17/h4-11,15H,12-14,25H2,1-3H3/t15-,22?/m0/s1. The average molecular weight is 449 g/mol. The van der Waals surface area contributed by atoms with Crippen molar-refractivity contribution in [1.82, 2.24) is 4.90 Å². The van der Waals surface area contributed by atoms with Gasteiger partial charge in [-0.25, -0.2) is 9.18 Å². The summed E-state index contributed by atoms with van der Waals surface area (Å²) in [5.74, 6) is -0.321. The van der Waals surface area contributed by atoms with Gasteiger partial charge in [0, 0.05) is 29.4 Å². The Morgan fingerprint density at radius 2 is 1.82 bits per heavy atom. The van der Waals surface area contributed by atoms with Crippen LogP contribution in [-0.2, 0) is 10.3 Å². The highest BCUT2D eigenvalue weighted by molar-refractivity contribution is 9.10. The first-order chi connectivity index (χ1) is 13.1. The largest absolute Gasteiger partial charge is 0.438 e. The zero-order chi connectivity index (χ0) is 20.5. The Labute approximate surface area is 174 Å². The minimum atomic E-state index is -0.862. The molecule has 0 aliphatic carbocycles. The van der Waals surface area contributed by atoms with Crippen molar-refractivity contribution in [3.8, 4) is 0 Å². The lowest BCUT2D eigenvalue weighted by Gasteiger charge is -2.45. The normalized spacial score (nSPS) is 21.4. The quantitative estimate of drug-likeness (QED) is 0.655. The van der Waals surface area contributed by atoms with E-state index in [1.165, 1.54) is 12.1 Å². The first-order valence-electron chi connectivity index (χ1n) is 9.40. The number of rotatable bonds is 5. The summed E-state index contributed by atoms with van der Waals surface area (Å²) in [6, 6.07) is 13.9. The minimum absolute atomic E-state index is 0.113. The molecule has 28 heavy (non-hydrogen) atoms. The van der Waals surface area contributed by atoms with Crippen molar-refractivity contribution in [1.29, 1.82) is 0 Å². The van der Waals surface area contributed by atoms with Crippen molar-refractivity contribution in [2.45, 2.75) is 50.8 Å². The lowest BCUT2D eigenvalue weighted by molar-refractivity contribution is -0.0739. The lowest BCUT2D eigenvalue weighted by Crippen LogP contribution is -2.52. The molecule has 0 bridgehead atoms. The molecule has 1 saturated heterocycles. The fourth-order valence-corrected chi connectivity index (χ4v) is 4.13. The van der Waals surface area contributed by atoms with Crippen molar-refractivity contribution in [3.63, 3.8) is 0 Å². The summed E-state index contributed by atoms with van der Waals surface area (Å²) in [6.07, 6.45) is 0.666. The number of hydrogen-bond acceptors (Lipinski definition) is 3. The Balaban J connectivity index is 1.87. The highest BCUT2D eigenvalue weighted by Crippen LogP contribution is 2.42. The summed E-state index contributed by atoms with van der Waals surface area (Å²) < 4.78 is 20.5. The molecule has 2 aromatic rings. The molecule has 3 rings (SSSR count). The summed E-state index contributed by atoms with van der Waals surface area (Å²) in [6.45, 7) is 6.33. The summed E-state index contributed by atoms with van der Waals surface area (Å²) in [5.41, 5.74) is 6.68. The molecule has 2 aromatic carbocycles. The molecule has 1 aliphatic rings. The van der Waals surface area contributed by atoms with Crippen LogP contribution in [-0.4, -0.2) is 23.1 Å². The van der Waals surface area contributed by atoms with E-state index >= 15 is 0 Å². The highest BCUT2D eigenvalue weighted by Gasteiger charge is 2.45. The van der Waals surface area contributed by atoms with Crippen LogP contribution in [0.1, 0.15) is 50.8 Å². The van der Waals surface area contributed by atoms with Crippen LogP contribution < -0.4 is 5.73 Å².